The fourth-order valence-electron chi connectivity index (χ4n) is 6.58. The minimum absolute atomic E-state index is 0.0707. The molecule has 3 heterocycles. The first-order chi connectivity index (χ1) is 21.3. The SMILES string of the molecule is Cc1nc(S(=O)(=O)N(C2CC2)[C@H]2CCC3=Cc4c(cnn4-c4ccc(F)cc4)C[C@]3(C(=O)c3ncc(C(F)(F)F)s3)C2)cn1C. The summed E-state index contributed by atoms with van der Waals surface area (Å²) < 4.78 is 87.1. The van der Waals surface area contributed by atoms with E-state index in [0.717, 1.165) is 0 Å². The van der Waals surface area contributed by atoms with Gasteiger partial charge in [-0.1, -0.05) is 5.57 Å². The number of fused-ring (bicyclic) bond motifs is 2. The Morgan fingerprint density at radius 1 is 1.11 bits per heavy atom. The molecule has 236 valence electrons. The van der Waals surface area contributed by atoms with E-state index in [0.29, 0.717) is 71.6 Å². The van der Waals surface area contributed by atoms with Crippen LogP contribution in [0, 0.1) is 18.2 Å². The first kappa shape index (κ1) is 30.0. The van der Waals surface area contributed by atoms with Gasteiger partial charge < -0.3 is 4.57 Å². The van der Waals surface area contributed by atoms with Crippen molar-refractivity contribution < 1.29 is 30.8 Å². The molecule has 0 N–H and O–H groups in total. The molecule has 15 heteroatoms. The Hall–Kier alpha value is -3.69. The van der Waals surface area contributed by atoms with E-state index in [-0.39, 0.29) is 28.9 Å². The number of alkyl halides is 3. The summed E-state index contributed by atoms with van der Waals surface area (Å²) in [7, 11) is -2.33. The minimum Gasteiger partial charge on any atom is -0.337 e. The molecule has 0 spiro atoms. The van der Waals surface area contributed by atoms with Crippen molar-refractivity contribution in [1.82, 2.24) is 28.6 Å². The van der Waals surface area contributed by atoms with Crippen LogP contribution in [0.1, 0.15) is 63.9 Å². The van der Waals surface area contributed by atoms with Crippen LogP contribution in [0.25, 0.3) is 11.8 Å². The van der Waals surface area contributed by atoms with Gasteiger partial charge in [-0.05, 0) is 81.4 Å². The number of thiazole rings is 1. The average molecular weight is 661 g/mol. The van der Waals surface area contributed by atoms with Crippen molar-refractivity contribution in [1.29, 1.82) is 0 Å². The number of nitrogens with zero attached hydrogens (tertiary/aromatic N) is 6. The van der Waals surface area contributed by atoms with Crippen molar-refractivity contribution in [3.63, 3.8) is 0 Å². The first-order valence-electron chi connectivity index (χ1n) is 14.4. The normalized spacial score (nSPS) is 21.8. The van der Waals surface area contributed by atoms with Gasteiger partial charge >= 0.3 is 6.18 Å². The minimum atomic E-state index is -4.66. The molecule has 7 rings (SSSR count). The monoisotopic (exact) mass is 660 g/mol. The van der Waals surface area contributed by atoms with Gasteiger partial charge in [0.2, 0.25) is 5.78 Å². The number of aromatic nitrogens is 5. The largest absolute Gasteiger partial charge is 0.427 e. The lowest BCUT2D eigenvalue weighted by Gasteiger charge is -2.46. The lowest BCUT2D eigenvalue weighted by atomic mass is 9.61. The molecule has 0 aliphatic heterocycles. The zero-order valence-electron chi connectivity index (χ0n) is 24.3. The first-order valence-corrected chi connectivity index (χ1v) is 16.7. The molecule has 0 unspecified atom stereocenters. The van der Waals surface area contributed by atoms with E-state index in [1.54, 1.807) is 41.5 Å². The van der Waals surface area contributed by atoms with Crippen molar-refractivity contribution in [2.24, 2.45) is 12.5 Å². The molecular weight excluding hydrogens is 632 g/mol. The summed E-state index contributed by atoms with van der Waals surface area (Å²) in [5.74, 6) is -0.438. The zero-order valence-corrected chi connectivity index (χ0v) is 25.9. The second kappa shape index (κ2) is 10.4. The summed E-state index contributed by atoms with van der Waals surface area (Å²) in [6.07, 6.45) is 3.17. The van der Waals surface area contributed by atoms with E-state index in [1.807, 2.05) is 6.08 Å². The number of hydrogen-bond donors (Lipinski definition) is 0. The van der Waals surface area contributed by atoms with Crippen LogP contribution in [0.15, 0.2) is 53.5 Å². The molecule has 0 radical (unpaired) electrons. The van der Waals surface area contributed by atoms with Gasteiger partial charge in [-0.15, -0.1) is 11.3 Å². The molecule has 4 aromatic rings. The molecule has 3 aromatic heterocycles. The molecule has 45 heavy (non-hydrogen) atoms. The number of carbonyl (C=O) groups is 1. The zero-order chi connectivity index (χ0) is 31.9. The van der Waals surface area contributed by atoms with Gasteiger partial charge in [-0.3, -0.25) is 4.79 Å². The summed E-state index contributed by atoms with van der Waals surface area (Å²) in [5, 5.41) is 4.15. The number of ketones is 1. The molecule has 9 nitrogen and oxygen atoms in total. The summed E-state index contributed by atoms with van der Waals surface area (Å²) in [6.45, 7) is 1.71. The number of sulfonamides is 1. The molecule has 0 amide bonds. The molecule has 2 atom stereocenters. The van der Waals surface area contributed by atoms with Gasteiger partial charge in [0.1, 0.15) is 16.5 Å². The lowest BCUT2D eigenvalue weighted by Crippen LogP contribution is -2.51. The maximum absolute atomic E-state index is 14.4. The Morgan fingerprint density at radius 2 is 1.84 bits per heavy atom. The van der Waals surface area contributed by atoms with Gasteiger partial charge in [-0.2, -0.15) is 22.6 Å². The third-order valence-corrected chi connectivity index (χ3v) is 11.9. The third kappa shape index (κ3) is 5.04. The Balaban J connectivity index is 1.32. The van der Waals surface area contributed by atoms with Crippen LogP contribution in [0.4, 0.5) is 17.6 Å². The van der Waals surface area contributed by atoms with Crippen molar-refractivity contribution in [2.45, 2.75) is 68.7 Å². The predicted molar refractivity (Wildman–Crippen MR) is 157 cm³/mol. The molecule has 3 aliphatic rings. The Morgan fingerprint density at radius 3 is 2.47 bits per heavy atom. The third-order valence-electron chi connectivity index (χ3n) is 9.02. The van der Waals surface area contributed by atoms with Crippen LogP contribution in [0.2, 0.25) is 0 Å². The highest BCUT2D eigenvalue weighted by atomic mass is 32.2. The number of allylic oxidation sites excluding steroid dienone is 1. The maximum atomic E-state index is 14.4. The summed E-state index contributed by atoms with van der Waals surface area (Å²) in [6, 6.07) is 4.94. The highest BCUT2D eigenvalue weighted by Crippen LogP contribution is 2.53. The second-order valence-electron chi connectivity index (χ2n) is 11.9. The molecule has 0 bridgehead atoms. The van der Waals surface area contributed by atoms with Crippen LogP contribution < -0.4 is 0 Å². The van der Waals surface area contributed by atoms with Crippen LogP contribution in [-0.4, -0.2) is 54.9 Å². The topological polar surface area (TPSA) is 103 Å². The van der Waals surface area contributed by atoms with Gasteiger partial charge in [0.05, 0.1) is 29.2 Å². The van der Waals surface area contributed by atoms with Crippen LogP contribution >= 0.6 is 11.3 Å². The number of rotatable bonds is 7. The van der Waals surface area contributed by atoms with Crippen molar-refractivity contribution in [3.8, 4) is 5.69 Å². The Labute approximate surface area is 260 Å². The van der Waals surface area contributed by atoms with Crippen LogP contribution in [0.3, 0.4) is 0 Å². The van der Waals surface area contributed by atoms with Gasteiger partial charge in [0.25, 0.3) is 10.0 Å². The van der Waals surface area contributed by atoms with Crippen LogP contribution in [0.5, 0.6) is 0 Å². The number of imidazole rings is 1. The molecule has 3 aliphatic carbocycles. The summed E-state index contributed by atoms with van der Waals surface area (Å²) in [5.41, 5.74) is 1.31. The molecular formula is C30H28F4N6O3S2. The molecule has 2 fully saturated rings. The number of aryl methyl sites for hydroxylation is 2. The number of halogens is 4. The number of Topliss-reactive ketones (excluding diaryl/α,β-unsaturated/α-hetero) is 1. The maximum Gasteiger partial charge on any atom is 0.427 e. The fourth-order valence-corrected chi connectivity index (χ4v) is 9.34. The standard InChI is InChI=1S/C30H28F4N6O3S2/c1-17-37-26(16-38(17)2)45(42,43)40(22-9-10-22)23-6-3-19-11-24-18(14-36-39(24)21-7-4-20(31)5-8-21)12-29(19,13-23)27(41)28-35-15-25(44-28)30(32,33)34/h4-5,7-8,11,14-16,22-23H,3,6,9-10,12-13H2,1-2H3/t23-,29-/m0/s1. The van der Waals surface area contributed by atoms with E-state index in [4.69, 9.17) is 0 Å². The smallest absolute Gasteiger partial charge is 0.337 e. The van der Waals surface area contributed by atoms with Gasteiger partial charge in [0, 0.05) is 25.3 Å². The molecule has 1 aromatic carbocycles. The fraction of sp³-hybridized carbons (Fsp3) is 0.400. The Bertz CT molecular complexity index is 1940. The second-order valence-corrected chi connectivity index (χ2v) is 14.7. The van der Waals surface area contributed by atoms with Crippen molar-refractivity contribution in [3.05, 3.63) is 81.2 Å². The number of carbonyl (C=O) groups excluding carboxylic acids is 1. The predicted octanol–water partition coefficient (Wildman–Crippen LogP) is 5.74. The van der Waals surface area contributed by atoms with Gasteiger partial charge in [0.15, 0.2) is 10.0 Å². The van der Waals surface area contributed by atoms with E-state index in [9.17, 15) is 30.8 Å². The van der Waals surface area contributed by atoms with E-state index >= 15 is 0 Å². The highest BCUT2D eigenvalue weighted by molar-refractivity contribution is 7.89. The number of benzene rings is 1. The molecule has 2 saturated carbocycles. The quantitative estimate of drug-likeness (QED) is 0.185. The van der Waals surface area contributed by atoms with Gasteiger partial charge in [-0.25, -0.2) is 27.5 Å². The lowest BCUT2D eigenvalue weighted by molar-refractivity contribution is -0.134. The van der Waals surface area contributed by atoms with Crippen LogP contribution in [-0.2, 0) is 29.7 Å². The van der Waals surface area contributed by atoms with E-state index < -0.39 is 44.1 Å². The average Bonchev–Trinajstić information content (AvgIpc) is 3.35. The van der Waals surface area contributed by atoms with Crippen molar-refractivity contribution in [2.75, 3.05) is 0 Å². The molecule has 0 saturated heterocycles. The number of hydrogen-bond acceptors (Lipinski definition) is 7. The summed E-state index contributed by atoms with van der Waals surface area (Å²) in [4.78, 5) is 21.6. The van der Waals surface area contributed by atoms with E-state index in [1.165, 1.54) is 22.6 Å². The van der Waals surface area contributed by atoms with Crippen molar-refractivity contribution >= 4 is 33.2 Å². The highest BCUT2D eigenvalue weighted by Gasteiger charge is 2.54. The summed E-state index contributed by atoms with van der Waals surface area (Å²) >= 11 is 0.298. The Kier molecular flexibility index (Phi) is 6.95. The van der Waals surface area contributed by atoms with E-state index in [2.05, 4.69) is 15.1 Å².